The second-order valence-corrected chi connectivity index (χ2v) is 5.82. The quantitative estimate of drug-likeness (QED) is 0.830. The minimum Gasteiger partial charge on any atom is -0.333 e. The first-order valence-corrected chi connectivity index (χ1v) is 7.74. The molecule has 106 valence electrons. The number of anilines is 1. The molecule has 0 spiro atoms. The Kier molecular flexibility index (Phi) is 5.18. The van der Waals surface area contributed by atoms with Gasteiger partial charge in [0, 0.05) is 10.6 Å². The van der Waals surface area contributed by atoms with Crippen LogP contribution in [0.2, 0.25) is 0 Å². The molecule has 2 amide bonds. The number of carbonyl (C=O) groups excluding carboxylic acids is 1. The molecule has 0 bridgehead atoms. The number of carbonyl (C=O) groups is 1. The first-order chi connectivity index (χ1) is 9.70. The number of thiophene rings is 1. The van der Waals surface area contributed by atoms with E-state index in [1.165, 1.54) is 5.56 Å². The van der Waals surface area contributed by atoms with Crippen LogP contribution < -0.4 is 10.6 Å². The van der Waals surface area contributed by atoms with Gasteiger partial charge in [0.1, 0.15) is 0 Å². The Bertz CT molecular complexity index is 551. The van der Waals surface area contributed by atoms with E-state index in [1.807, 2.05) is 35.7 Å². The molecule has 4 heteroatoms. The summed E-state index contributed by atoms with van der Waals surface area (Å²) in [6.07, 6.45) is 1.05. The number of rotatable bonds is 5. The number of nitrogens with one attached hydrogen (secondary N) is 2. The molecule has 0 aliphatic rings. The molecule has 0 saturated heterocycles. The van der Waals surface area contributed by atoms with Crippen molar-refractivity contribution in [3.63, 3.8) is 0 Å². The lowest BCUT2D eigenvalue weighted by Crippen LogP contribution is -2.28. The average Bonchev–Trinajstić information content (AvgIpc) is 2.98. The lowest BCUT2D eigenvalue weighted by Gasteiger charge is -2.15. The number of urea groups is 1. The normalized spacial score (nSPS) is 11.9. The number of hydrogen-bond acceptors (Lipinski definition) is 2. The van der Waals surface area contributed by atoms with Gasteiger partial charge < -0.3 is 10.6 Å². The number of amides is 2. The van der Waals surface area contributed by atoms with Crippen LogP contribution >= 0.6 is 11.3 Å². The Hall–Kier alpha value is -1.81. The maximum Gasteiger partial charge on any atom is 0.319 e. The highest BCUT2D eigenvalue weighted by Gasteiger charge is 2.10. The Morgan fingerprint density at radius 1 is 1.25 bits per heavy atom. The molecule has 0 saturated carbocycles. The molecular formula is C16H20N2OS. The number of benzene rings is 1. The zero-order valence-corrected chi connectivity index (χ0v) is 12.7. The van der Waals surface area contributed by atoms with Crippen LogP contribution in [0.4, 0.5) is 10.5 Å². The van der Waals surface area contributed by atoms with Gasteiger partial charge in [-0.15, -0.1) is 11.3 Å². The van der Waals surface area contributed by atoms with Gasteiger partial charge >= 0.3 is 6.03 Å². The highest BCUT2D eigenvalue weighted by atomic mass is 32.1. The number of hydrogen-bond donors (Lipinski definition) is 2. The van der Waals surface area contributed by atoms with E-state index in [1.54, 1.807) is 11.3 Å². The highest BCUT2D eigenvalue weighted by molar-refractivity contribution is 7.09. The first-order valence-electron chi connectivity index (χ1n) is 6.87. The summed E-state index contributed by atoms with van der Waals surface area (Å²) < 4.78 is 0. The molecule has 0 aliphatic heterocycles. The molecule has 3 nitrogen and oxygen atoms in total. The van der Waals surface area contributed by atoms with E-state index in [9.17, 15) is 4.79 Å². The zero-order chi connectivity index (χ0) is 14.4. The summed E-state index contributed by atoms with van der Waals surface area (Å²) in [5.74, 6) is 0.434. The zero-order valence-electron chi connectivity index (χ0n) is 11.8. The highest BCUT2D eigenvalue weighted by Crippen LogP contribution is 2.26. The van der Waals surface area contributed by atoms with Gasteiger partial charge in [0.25, 0.3) is 0 Å². The topological polar surface area (TPSA) is 41.1 Å². The van der Waals surface area contributed by atoms with Gasteiger partial charge in [0.2, 0.25) is 0 Å². The monoisotopic (exact) mass is 288 g/mol. The van der Waals surface area contributed by atoms with Crippen molar-refractivity contribution in [1.82, 2.24) is 5.32 Å². The van der Waals surface area contributed by atoms with Crippen molar-refractivity contribution in [3.8, 4) is 0 Å². The fraction of sp³-hybridized carbons (Fsp3) is 0.312. The predicted molar refractivity (Wildman–Crippen MR) is 85.3 cm³/mol. The van der Waals surface area contributed by atoms with E-state index in [0.29, 0.717) is 12.5 Å². The van der Waals surface area contributed by atoms with Crippen LogP contribution in [0, 0.1) is 0 Å². The molecule has 0 aliphatic carbocycles. The van der Waals surface area contributed by atoms with Gasteiger partial charge in [-0.25, -0.2) is 4.79 Å². The largest absolute Gasteiger partial charge is 0.333 e. The van der Waals surface area contributed by atoms with Crippen molar-refractivity contribution < 1.29 is 4.79 Å². The van der Waals surface area contributed by atoms with Crippen LogP contribution in [0.15, 0.2) is 41.8 Å². The van der Waals surface area contributed by atoms with Gasteiger partial charge in [0.15, 0.2) is 0 Å². The van der Waals surface area contributed by atoms with E-state index in [4.69, 9.17) is 0 Å². The fourth-order valence-electron chi connectivity index (χ4n) is 2.01. The third kappa shape index (κ3) is 3.84. The Morgan fingerprint density at radius 2 is 2.05 bits per heavy atom. The standard InChI is InChI=1S/C16H20N2OS/c1-3-12(2)14-8-4-5-9-15(14)18-16(19)17-11-13-7-6-10-20-13/h4-10,12H,3,11H2,1-2H3,(H2,17,18,19). The van der Waals surface area contributed by atoms with Crippen LogP contribution in [0.3, 0.4) is 0 Å². The molecule has 1 unspecified atom stereocenters. The van der Waals surface area contributed by atoms with Gasteiger partial charge in [-0.3, -0.25) is 0 Å². The summed E-state index contributed by atoms with van der Waals surface area (Å²) in [4.78, 5) is 13.1. The van der Waals surface area contributed by atoms with Crippen molar-refractivity contribution in [3.05, 3.63) is 52.2 Å². The molecule has 1 aromatic carbocycles. The van der Waals surface area contributed by atoms with E-state index in [0.717, 1.165) is 17.0 Å². The molecule has 1 aromatic heterocycles. The van der Waals surface area contributed by atoms with Crippen LogP contribution in [-0.4, -0.2) is 6.03 Å². The molecule has 20 heavy (non-hydrogen) atoms. The lowest BCUT2D eigenvalue weighted by molar-refractivity contribution is 0.252. The van der Waals surface area contributed by atoms with Crippen molar-refractivity contribution in [1.29, 1.82) is 0 Å². The van der Waals surface area contributed by atoms with Gasteiger partial charge in [-0.05, 0) is 35.4 Å². The summed E-state index contributed by atoms with van der Waals surface area (Å²) >= 11 is 1.64. The summed E-state index contributed by atoms with van der Waals surface area (Å²) in [6, 6.07) is 11.8. The van der Waals surface area contributed by atoms with Gasteiger partial charge in [-0.2, -0.15) is 0 Å². The average molecular weight is 288 g/mol. The molecular weight excluding hydrogens is 268 g/mol. The summed E-state index contributed by atoms with van der Waals surface area (Å²) in [7, 11) is 0. The third-order valence-electron chi connectivity index (χ3n) is 3.36. The second kappa shape index (κ2) is 7.10. The van der Waals surface area contributed by atoms with Gasteiger partial charge in [-0.1, -0.05) is 38.1 Å². The van der Waals surface area contributed by atoms with Gasteiger partial charge in [0.05, 0.1) is 6.54 Å². The predicted octanol–water partition coefficient (Wildman–Crippen LogP) is 4.58. The summed E-state index contributed by atoms with van der Waals surface area (Å²) in [5.41, 5.74) is 2.08. The lowest BCUT2D eigenvalue weighted by atomic mass is 9.97. The van der Waals surface area contributed by atoms with E-state index < -0.39 is 0 Å². The molecule has 0 fully saturated rings. The van der Waals surface area contributed by atoms with Crippen molar-refractivity contribution in [2.24, 2.45) is 0 Å². The van der Waals surface area contributed by atoms with E-state index >= 15 is 0 Å². The first kappa shape index (κ1) is 14.6. The number of para-hydroxylation sites is 1. The summed E-state index contributed by atoms with van der Waals surface area (Å²) in [5, 5.41) is 7.83. The van der Waals surface area contributed by atoms with Crippen molar-refractivity contribution in [2.45, 2.75) is 32.7 Å². The molecule has 2 aromatic rings. The smallest absolute Gasteiger partial charge is 0.319 e. The van der Waals surface area contributed by atoms with Crippen molar-refractivity contribution in [2.75, 3.05) is 5.32 Å². The Morgan fingerprint density at radius 3 is 2.75 bits per heavy atom. The maximum atomic E-state index is 12.0. The fourth-order valence-corrected chi connectivity index (χ4v) is 2.65. The SMILES string of the molecule is CCC(C)c1ccccc1NC(=O)NCc1cccs1. The minimum absolute atomic E-state index is 0.158. The van der Waals surface area contributed by atoms with Crippen LogP contribution in [-0.2, 0) is 6.54 Å². The second-order valence-electron chi connectivity index (χ2n) is 4.78. The van der Waals surface area contributed by atoms with Crippen LogP contribution in [0.1, 0.15) is 36.6 Å². The minimum atomic E-state index is -0.158. The Labute approximate surface area is 124 Å². The van der Waals surface area contributed by atoms with E-state index in [-0.39, 0.29) is 6.03 Å². The van der Waals surface area contributed by atoms with Crippen LogP contribution in [0.5, 0.6) is 0 Å². The Balaban J connectivity index is 1.97. The molecule has 2 rings (SSSR count). The molecule has 0 radical (unpaired) electrons. The molecule has 2 N–H and O–H groups in total. The maximum absolute atomic E-state index is 12.0. The van der Waals surface area contributed by atoms with Crippen LogP contribution in [0.25, 0.3) is 0 Å². The van der Waals surface area contributed by atoms with E-state index in [2.05, 4.69) is 30.5 Å². The molecule has 1 atom stereocenters. The van der Waals surface area contributed by atoms with Crippen molar-refractivity contribution >= 4 is 23.1 Å². The summed E-state index contributed by atoms with van der Waals surface area (Å²) in [6.45, 7) is 4.89. The molecule has 1 heterocycles. The third-order valence-corrected chi connectivity index (χ3v) is 4.23.